The lowest BCUT2D eigenvalue weighted by Crippen LogP contribution is -2.21. The van der Waals surface area contributed by atoms with Crippen LogP contribution in [0, 0.1) is 0 Å². The van der Waals surface area contributed by atoms with Crippen molar-refractivity contribution in [3.05, 3.63) is 12.3 Å². The van der Waals surface area contributed by atoms with Crippen molar-refractivity contribution in [1.82, 2.24) is 5.32 Å². The molecule has 0 aliphatic heterocycles. The van der Waals surface area contributed by atoms with Gasteiger partial charge in [-0.05, 0) is 6.42 Å². The van der Waals surface area contributed by atoms with E-state index in [1.807, 2.05) is 6.92 Å². The summed E-state index contributed by atoms with van der Waals surface area (Å²) in [7, 11) is 1.60. The minimum Gasteiger partial charge on any atom is -0.499 e. The number of carbonyl (C=O) groups is 1. The Kier molecular flexibility index (Phi) is 8.34. The summed E-state index contributed by atoms with van der Waals surface area (Å²) < 4.78 is 9.71. The van der Waals surface area contributed by atoms with Crippen molar-refractivity contribution in [2.45, 2.75) is 13.3 Å². The maximum absolute atomic E-state index is 10.9. The van der Waals surface area contributed by atoms with Crippen LogP contribution in [0.4, 0.5) is 0 Å². The van der Waals surface area contributed by atoms with Crippen LogP contribution >= 0.6 is 0 Å². The fraction of sp³-hybridized carbons (Fsp3) is 0.667. The molecule has 0 heterocycles. The van der Waals surface area contributed by atoms with Gasteiger partial charge in [-0.2, -0.15) is 0 Å². The highest BCUT2D eigenvalue weighted by molar-refractivity contribution is 5.87. The summed E-state index contributed by atoms with van der Waals surface area (Å²) in [5, 5.41) is 2.69. The third-order valence-corrected chi connectivity index (χ3v) is 1.27. The number of hydrogen-bond donors (Lipinski definition) is 1. The fourth-order valence-corrected chi connectivity index (χ4v) is 0.617. The van der Waals surface area contributed by atoms with Gasteiger partial charge in [0.1, 0.15) is 6.61 Å². The first-order valence-electron chi connectivity index (χ1n) is 4.36. The van der Waals surface area contributed by atoms with E-state index in [1.54, 1.807) is 7.11 Å². The zero-order valence-electron chi connectivity index (χ0n) is 8.21. The summed E-state index contributed by atoms with van der Waals surface area (Å²) in [5.41, 5.74) is 0. The van der Waals surface area contributed by atoms with Crippen LogP contribution in [0.1, 0.15) is 13.3 Å². The van der Waals surface area contributed by atoms with E-state index in [0.29, 0.717) is 19.8 Å². The second kappa shape index (κ2) is 9.06. The number of ether oxygens (including phenoxy) is 2. The van der Waals surface area contributed by atoms with E-state index >= 15 is 0 Å². The zero-order valence-corrected chi connectivity index (χ0v) is 8.21. The van der Waals surface area contributed by atoms with Gasteiger partial charge in [-0.1, -0.05) is 6.92 Å². The van der Waals surface area contributed by atoms with Gasteiger partial charge in [0, 0.05) is 19.7 Å². The van der Waals surface area contributed by atoms with Crippen molar-refractivity contribution < 1.29 is 14.3 Å². The first-order chi connectivity index (χ1) is 6.31. The lowest BCUT2D eigenvalue weighted by Gasteiger charge is -1.99. The predicted octanol–water partition coefficient (Wildman–Crippen LogP) is 0.689. The summed E-state index contributed by atoms with van der Waals surface area (Å²) in [6.07, 6.45) is 3.68. The van der Waals surface area contributed by atoms with Gasteiger partial charge in [-0.15, -0.1) is 0 Å². The summed E-state index contributed by atoms with van der Waals surface area (Å²) in [4.78, 5) is 10.9. The van der Waals surface area contributed by atoms with E-state index in [2.05, 4.69) is 5.32 Å². The van der Waals surface area contributed by atoms with Crippen molar-refractivity contribution >= 4 is 5.91 Å². The third kappa shape index (κ3) is 8.88. The third-order valence-electron chi connectivity index (χ3n) is 1.27. The Labute approximate surface area is 78.9 Å². The van der Waals surface area contributed by atoms with Crippen LogP contribution in [-0.2, 0) is 14.3 Å². The van der Waals surface area contributed by atoms with Crippen LogP contribution in [0.5, 0.6) is 0 Å². The molecular weight excluding hydrogens is 170 g/mol. The fourth-order valence-electron chi connectivity index (χ4n) is 0.617. The molecule has 0 aliphatic rings. The lowest BCUT2D eigenvalue weighted by molar-refractivity contribution is -0.116. The molecule has 4 nitrogen and oxygen atoms in total. The number of nitrogens with one attached hydrogen (secondary N) is 1. The highest BCUT2D eigenvalue weighted by Crippen LogP contribution is 1.80. The molecule has 4 heteroatoms. The van der Waals surface area contributed by atoms with Gasteiger partial charge in [0.2, 0.25) is 5.91 Å². The van der Waals surface area contributed by atoms with Gasteiger partial charge >= 0.3 is 0 Å². The number of amides is 1. The van der Waals surface area contributed by atoms with Crippen molar-refractivity contribution in [1.29, 1.82) is 0 Å². The monoisotopic (exact) mass is 187 g/mol. The quantitative estimate of drug-likeness (QED) is 0.362. The molecular formula is C9H17NO3. The van der Waals surface area contributed by atoms with Crippen LogP contribution in [-0.4, -0.2) is 32.8 Å². The number of rotatable bonds is 7. The van der Waals surface area contributed by atoms with Crippen LogP contribution in [0.25, 0.3) is 0 Å². The molecule has 0 saturated heterocycles. The second-order valence-electron chi connectivity index (χ2n) is 2.46. The predicted molar refractivity (Wildman–Crippen MR) is 50.3 cm³/mol. The van der Waals surface area contributed by atoms with Crippen LogP contribution in [0.15, 0.2) is 12.3 Å². The summed E-state index contributed by atoms with van der Waals surface area (Å²) in [5.74, 6) is -0.126. The van der Waals surface area contributed by atoms with E-state index in [9.17, 15) is 4.79 Å². The maximum Gasteiger partial charge on any atom is 0.247 e. The Hall–Kier alpha value is -1.03. The molecule has 0 aromatic carbocycles. The average molecular weight is 187 g/mol. The first-order valence-corrected chi connectivity index (χ1v) is 4.36. The first kappa shape index (κ1) is 12.0. The molecule has 0 aromatic heterocycles. The molecule has 0 bridgehead atoms. The smallest absolute Gasteiger partial charge is 0.247 e. The molecule has 0 saturated carbocycles. The molecule has 1 amide bonds. The van der Waals surface area contributed by atoms with Crippen molar-refractivity contribution in [2.75, 3.05) is 26.9 Å². The highest BCUT2D eigenvalue weighted by atomic mass is 16.5. The Bertz CT molecular complexity index is 157. The van der Waals surface area contributed by atoms with E-state index in [1.165, 1.54) is 12.3 Å². The SMILES string of the molecule is CCCNC(=O)C=COCCOC. The Morgan fingerprint density at radius 3 is 2.85 bits per heavy atom. The van der Waals surface area contributed by atoms with Gasteiger partial charge in [0.25, 0.3) is 0 Å². The number of carbonyl (C=O) groups excluding carboxylic acids is 1. The molecule has 0 aliphatic carbocycles. The minimum atomic E-state index is -0.126. The molecule has 13 heavy (non-hydrogen) atoms. The van der Waals surface area contributed by atoms with Crippen molar-refractivity contribution in [3.8, 4) is 0 Å². The summed E-state index contributed by atoms with van der Waals surface area (Å²) in [6.45, 7) is 3.69. The molecule has 1 N–H and O–H groups in total. The van der Waals surface area contributed by atoms with Crippen LogP contribution in [0.3, 0.4) is 0 Å². The molecule has 0 spiro atoms. The average Bonchev–Trinajstić information content (AvgIpc) is 2.14. The number of methoxy groups -OCH3 is 1. The van der Waals surface area contributed by atoms with Crippen molar-refractivity contribution in [3.63, 3.8) is 0 Å². The number of hydrogen-bond acceptors (Lipinski definition) is 3. The molecule has 0 atom stereocenters. The van der Waals surface area contributed by atoms with Crippen molar-refractivity contribution in [2.24, 2.45) is 0 Å². The summed E-state index contributed by atoms with van der Waals surface area (Å²) in [6, 6.07) is 0. The van der Waals surface area contributed by atoms with Gasteiger partial charge in [-0.25, -0.2) is 0 Å². The zero-order chi connectivity index (χ0) is 9.94. The normalized spacial score (nSPS) is 10.3. The van der Waals surface area contributed by atoms with Gasteiger partial charge in [0.05, 0.1) is 12.9 Å². The molecule has 0 radical (unpaired) electrons. The molecule has 0 rings (SSSR count). The van der Waals surface area contributed by atoms with E-state index in [0.717, 1.165) is 6.42 Å². The molecule has 0 fully saturated rings. The van der Waals surface area contributed by atoms with Gasteiger partial charge in [0.15, 0.2) is 0 Å². The second-order valence-corrected chi connectivity index (χ2v) is 2.46. The minimum absolute atomic E-state index is 0.126. The van der Waals surface area contributed by atoms with Crippen LogP contribution in [0.2, 0.25) is 0 Å². The van der Waals surface area contributed by atoms with Gasteiger partial charge < -0.3 is 14.8 Å². The van der Waals surface area contributed by atoms with E-state index in [4.69, 9.17) is 9.47 Å². The topological polar surface area (TPSA) is 47.6 Å². The largest absolute Gasteiger partial charge is 0.499 e. The Morgan fingerprint density at radius 2 is 2.23 bits per heavy atom. The standard InChI is InChI=1S/C9H17NO3/c1-3-5-10-9(11)4-6-13-8-7-12-2/h4,6H,3,5,7-8H2,1-2H3,(H,10,11). The highest BCUT2D eigenvalue weighted by Gasteiger charge is 1.91. The molecule has 0 unspecified atom stereocenters. The van der Waals surface area contributed by atoms with Gasteiger partial charge in [-0.3, -0.25) is 4.79 Å². The van der Waals surface area contributed by atoms with E-state index < -0.39 is 0 Å². The Balaban J connectivity index is 3.31. The molecule has 76 valence electrons. The summed E-state index contributed by atoms with van der Waals surface area (Å²) >= 11 is 0. The van der Waals surface area contributed by atoms with Crippen LogP contribution < -0.4 is 5.32 Å². The molecule has 0 aromatic rings. The van der Waals surface area contributed by atoms with E-state index in [-0.39, 0.29) is 5.91 Å². The Morgan fingerprint density at radius 1 is 1.46 bits per heavy atom. The lowest BCUT2D eigenvalue weighted by atomic mass is 10.4. The maximum atomic E-state index is 10.9.